The van der Waals surface area contributed by atoms with Crippen molar-refractivity contribution < 1.29 is 4.39 Å². The number of para-hydroxylation sites is 1. The molecule has 0 unspecified atom stereocenters. The second-order valence-electron chi connectivity index (χ2n) is 6.32. The zero-order valence-electron chi connectivity index (χ0n) is 14.0. The Morgan fingerprint density at radius 3 is 2.79 bits per heavy atom. The predicted octanol–water partition coefficient (Wildman–Crippen LogP) is 2.13. The van der Waals surface area contributed by atoms with Gasteiger partial charge in [0.2, 0.25) is 5.95 Å². The second kappa shape index (κ2) is 5.43. The summed E-state index contributed by atoms with van der Waals surface area (Å²) in [5.74, 6) is 1.38. The Morgan fingerprint density at radius 1 is 1.21 bits per heavy atom. The van der Waals surface area contributed by atoms with Crippen LogP contribution in [0.25, 0.3) is 11.0 Å². The summed E-state index contributed by atoms with van der Waals surface area (Å²) in [6, 6.07) is 7.07. The minimum atomic E-state index is -0.244. The zero-order valence-corrected chi connectivity index (χ0v) is 14.0. The standard InChI is InChI=1S/C17H19FN6/c1-22(2)15-9-11-10-24(8-7-13(11)20-21-15)17-19-14-6-4-5-12(18)16(14)23(17)3/h4-6,9H,7-8,10H2,1-3H3. The van der Waals surface area contributed by atoms with Gasteiger partial charge in [0, 0.05) is 40.7 Å². The largest absolute Gasteiger partial charge is 0.361 e. The summed E-state index contributed by atoms with van der Waals surface area (Å²) in [5.41, 5.74) is 3.40. The average Bonchev–Trinajstić information content (AvgIpc) is 2.92. The highest BCUT2D eigenvalue weighted by Gasteiger charge is 2.23. The first-order valence-corrected chi connectivity index (χ1v) is 7.93. The lowest BCUT2D eigenvalue weighted by Gasteiger charge is -2.29. The molecule has 0 N–H and O–H groups in total. The number of imidazole rings is 1. The first-order chi connectivity index (χ1) is 11.5. The van der Waals surface area contributed by atoms with E-state index in [1.54, 1.807) is 6.07 Å². The van der Waals surface area contributed by atoms with Gasteiger partial charge in [-0.1, -0.05) is 6.07 Å². The van der Waals surface area contributed by atoms with Gasteiger partial charge in [0.1, 0.15) is 11.3 Å². The molecule has 0 radical (unpaired) electrons. The quantitative estimate of drug-likeness (QED) is 0.722. The van der Waals surface area contributed by atoms with Gasteiger partial charge in [-0.25, -0.2) is 9.37 Å². The van der Waals surface area contributed by atoms with Crippen LogP contribution in [0.15, 0.2) is 24.3 Å². The predicted molar refractivity (Wildman–Crippen MR) is 91.8 cm³/mol. The molecule has 0 saturated carbocycles. The molecular weight excluding hydrogens is 307 g/mol. The van der Waals surface area contributed by atoms with E-state index in [0.29, 0.717) is 17.6 Å². The van der Waals surface area contributed by atoms with Gasteiger partial charge in [-0.05, 0) is 23.8 Å². The molecule has 3 aromatic rings. The number of anilines is 2. The Morgan fingerprint density at radius 2 is 2.04 bits per heavy atom. The number of aryl methyl sites for hydroxylation is 1. The summed E-state index contributed by atoms with van der Waals surface area (Å²) in [6.07, 6.45) is 0.807. The van der Waals surface area contributed by atoms with Crippen LogP contribution in [0.1, 0.15) is 11.3 Å². The number of benzene rings is 1. The Bertz CT molecular complexity index is 917. The number of hydrogen-bond donors (Lipinski definition) is 0. The third kappa shape index (κ3) is 2.28. The van der Waals surface area contributed by atoms with Crippen LogP contribution in [-0.4, -0.2) is 40.4 Å². The lowest BCUT2D eigenvalue weighted by Crippen LogP contribution is -2.33. The zero-order chi connectivity index (χ0) is 16.8. The Balaban J connectivity index is 1.73. The van der Waals surface area contributed by atoms with Gasteiger partial charge in [-0.2, -0.15) is 5.10 Å². The van der Waals surface area contributed by atoms with Crippen molar-refractivity contribution in [3.63, 3.8) is 0 Å². The fourth-order valence-corrected chi connectivity index (χ4v) is 3.20. The van der Waals surface area contributed by atoms with Crippen molar-refractivity contribution in [2.75, 3.05) is 30.4 Å². The van der Waals surface area contributed by atoms with Gasteiger partial charge >= 0.3 is 0 Å². The minimum Gasteiger partial charge on any atom is -0.361 e. The van der Waals surface area contributed by atoms with E-state index in [1.807, 2.05) is 36.7 Å². The number of nitrogens with zero attached hydrogens (tertiary/aromatic N) is 6. The van der Waals surface area contributed by atoms with Gasteiger partial charge in [-0.3, -0.25) is 0 Å². The topological polar surface area (TPSA) is 50.1 Å². The second-order valence-corrected chi connectivity index (χ2v) is 6.32. The molecule has 3 heterocycles. The van der Waals surface area contributed by atoms with Crippen molar-refractivity contribution in [1.29, 1.82) is 0 Å². The van der Waals surface area contributed by atoms with Crippen molar-refractivity contribution in [1.82, 2.24) is 19.7 Å². The molecule has 0 aliphatic carbocycles. The van der Waals surface area contributed by atoms with Gasteiger partial charge in [0.05, 0.1) is 11.2 Å². The van der Waals surface area contributed by atoms with Crippen LogP contribution in [0.5, 0.6) is 0 Å². The Labute approximate surface area is 139 Å². The number of fused-ring (bicyclic) bond motifs is 2. The highest BCUT2D eigenvalue weighted by Crippen LogP contribution is 2.28. The van der Waals surface area contributed by atoms with E-state index in [2.05, 4.69) is 26.1 Å². The highest BCUT2D eigenvalue weighted by molar-refractivity contribution is 5.79. The molecule has 0 amide bonds. The summed E-state index contributed by atoms with van der Waals surface area (Å²) >= 11 is 0. The first-order valence-electron chi connectivity index (χ1n) is 7.93. The van der Waals surface area contributed by atoms with Gasteiger partial charge in [0.15, 0.2) is 5.82 Å². The van der Waals surface area contributed by atoms with Crippen molar-refractivity contribution >= 4 is 22.8 Å². The highest BCUT2D eigenvalue weighted by atomic mass is 19.1. The van der Waals surface area contributed by atoms with E-state index in [0.717, 1.165) is 36.0 Å². The van der Waals surface area contributed by atoms with Crippen LogP contribution in [-0.2, 0) is 20.0 Å². The fraction of sp³-hybridized carbons (Fsp3) is 0.353. The number of halogens is 1. The van der Waals surface area contributed by atoms with E-state index < -0.39 is 0 Å². The monoisotopic (exact) mass is 326 g/mol. The lowest BCUT2D eigenvalue weighted by molar-refractivity contribution is 0.628. The van der Waals surface area contributed by atoms with E-state index in [1.165, 1.54) is 6.07 Å². The maximum Gasteiger partial charge on any atom is 0.206 e. The molecule has 4 rings (SSSR count). The van der Waals surface area contributed by atoms with E-state index in [4.69, 9.17) is 0 Å². The number of hydrogen-bond acceptors (Lipinski definition) is 5. The van der Waals surface area contributed by atoms with Gasteiger partial charge in [0.25, 0.3) is 0 Å². The summed E-state index contributed by atoms with van der Waals surface area (Å²) in [5, 5.41) is 8.58. The van der Waals surface area contributed by atoms with E-state index in [-0.39, 0.29) is 5.82 Å². The number of aromatic nitrogens is 4. The van der Waals surface area contributed by atoms with Gasteiger partial charge < -0.3 is 14.4 Å². The molecule has 0 bridgehead atoms. The summed E-state index contributed by atoms with van der Waals surface area (Å²) < 4.78 is 15.9. The lowest BCUT2D eigenvalue weighted by atomic mass is 10.1. The van der Waals surface area contributed by atoms with Crippen LogP contribution in [0, 0.1) is 5.82 Å². The number of rotatable bonds is 2. The van der Waals surface area contributed by atoms with Crippen LogP contribution in [0.4, 0.5) is 16.2 Å². The molecule has 24 heavy (non-hydrogen) atoms. The van der Waals surface area contributed by atoms with Crippen LogP contribution in [0.2, 0.25) is 0 Å². The third-order valence-electron chi connectivity index (χ3n) is 4.49. The molecule has 1 aromatic carbocycles. The minimum absolute atomic E-state index is 0.244. The molecule has 1 aliphatic heterocycles. The summed E-state index contributed by atoms with van der Waals surface area (Å²) in [4.78, 5) is 8.74. The fourth-order valence-electron chi connectivity index (χ4n) is 3.20. The van der Waals surface area contributed by atoms with E-state index in [9.17, 15) is 4.39 Å². The van der Waals surface area contributed by atoms with Crippen molar-refractivity contribution in [2.24, 2.45) is 7.05 Å². The van der Waals surface area contributed by atoms with Crippen molar-refractivity contribution in [3.8, 4) is 0 Å². The maximum atomic E-state index is 14.1. The van der Waals surface area contributed by atoms with Crippen molar-refractivity contribution in [2.45, 2.75) is 13.0 Å². The average molecular weight is 326 g/mol. The molecule has 0 spiro atoms. The van der Waals surface area contributed by atoms with Crippen LogP contribution in [0.3, 0.4) is 0 Å². The van der Waals surface area contributed by atoms with Crippen LogP contribution >= 0.6 is 0 Å². The molecule has 0 saturated heterocycles. The molecule has 7 heteroatoms. The van der Waals surface area contributed by atoms with Crippen LogP contribution < -0.4 is 9.80 Å². The molecular formula is C17H19FN6. The first kappa shape index (κ1) is 14.9. The Hall–Kier alpha value is -2.70. The summed E-state index contributed by atoms with van der Waals surface area (Å²) in [7, 11) is 5.76. The normalized spacial score (nSPS) is 14.1. The van der Waals surface area contributed by atoms with E-state index >= 15 is 0 Å². The molecule has 6 nitrogen and oxygen atoms in total. The molecule has 0 fully saturated rings. The SMILES string of the molecule is CN(C)c1cc2c(nn1)CCN(c1nc3cccc(F)c3n1C)C2. The third-order valence-corrected chi connectivity index (χ3v) is 4.49. The molecule has 1 aliphatic rings. The summed E-state index contributed by atoms with van der Waals surface area (Å²) in [6.45, 7) is 1.49. The molecule has 2 aromatic heterocycles. The molecule has 0 atom stereocenters. The maximum absolute atomic E-state index is 14.1. The van der Waals surface area contributed by atoms with Gasteiger partial charge in [-0.15, -0.1) is 5.10 Å². The smallest absolute Gasteiger partial charge is 0.206 e. The van der Waals surface area contributed by atoms with Crippen molar-refractivity contribution in [3.05, 3.63) is 41.3 Å². The Kier molecular flexibility index (Phi) is 3.37. The molecule has 124 valence electrons.